The minimum atomic E-state index is -3.03. The number of methoxy groups -OCH3 is 1. The maximum absolute atomic E-state index is 12.5. The zero-order valence-corrected chi connectivity index (χ0v) is 12.2. The summed E-state index contributed by atoms with van der Waals surface area (Å²) in [4.78, 5) is 13.9. The van der Waals surface area contributed by atoms with Gasteiger partial charge in [0.1, 0.15) is 0 Å². The standard InChI is InChI=1S/C13H16F2N2O3.ClH/c1-19-10-4-2-3-9(11(10)20-13(14)15)12(18)17-6-5-8(16)7-17;/h2-4,8,13H,5-7,16H2,1H3;1H/t8-;/m1./s1. The minimum absolute atomic E-state index is 0. The molecule has 1 saturated heterocycles. The van der Waals surface area contributed by atoms with Crippen LogP contribution >= 0.6 is 12.4 Å². The fourth-order valence-electron chi connectivity index (χ4n) is 2.20. The van der Waals surface area contributed by atoms with Gasteiger partial charge in [-0.15, -0.1) is 12.4 Å². The third-order valence-electron chi connectivity index (χ3n) is 3.15. The molecular formula is C13H17ClF2N2O3. The number of carbonyl (C=O) groups is 1. The molecule has 21 heavy (non-hydrogen) atoms. The smallest absolute Gasteiger partial charge is 0.387 e. The van der Waals surface area contributed by atoms with E-state index in [2.05, 4.69) is 4.74 Å². The topological polar surface area (TPSA) is 64.8 Å². The fraction of sp³-hybridized carbons (Fsp3) is 0.462. The van der Waals surface area contributed by atoms with Crippen LogP contribution in [0.5, 0.6) is 11.5 Å². The average molecular weight is 323 g/mol. The van der Waals surface area contributed by atoms with Crippen molar-refractivity contribution in [2.24, 2.45) is 5.73 Å². The minimum Gasteiger partial charge on any atom is -0.493 e. The molecule has 8 heteroatoms. The molecule has 1 atom stereocenters. The number of halogens is 3. The lowest BCUT2D eigenvalue weighted by molar-refractivity contribution is -0.0516. The van der Waals surface area contributed by atoms with E-state index in [0.717, 1.165) is 0 Å². The van der Waals surface area contributed by atoms with Crippen LogP contribution in [0.3, 0.4) is 0 Å². The maximum atomic E-state index is 12.5. The summed E-state index contributed by atoms with van der Waals surface area (Å²) in [5, 5.41) is 0. The van der Waals surface area contributed by atoms with Gasteiger partial charge >= 0.3 is 6.61 Å². The summed E-state index contributed by atoms with van der Waals surface area (Å²) >= 11 is 0. The van der Waals surface area contributed by atoms with Crippen LogP contribution < -0.4 is 15.2 Å². The molecule has 1 heterocycles. The number of hydrogen-bond acceptors (Lipinski definition) is 4. The first-order chi connectivity index (χ1) is 9.52. The Kier molecular flexibility index (Phi) is 6.17. The van der Waals surface area contributed by atoms with E-state index in [1.54, 1.807) is 6.07 Å². The zero-order chi connectivity index (χ0) is 14.7. The Morgan fingerprint density at radius 1 is 1.48 bits per heavy atom. The Labute approximate surface area is 127 Å². The highest BCUT2D eigenvalue weighted by atomic mass is 35.5. The number of amides is 1. The van der Waals surface area contributed by atoms with Crippen molar-refractivity contribution in [3.8, 4) is 11.5 Å². The first kappa shape index (κ1) is 17.5. The molecule has 0 saturated carbocycles. The third-order valence-corrected chi connectivity index (χ3v) is 3.15. The summed E-state index contributed by atoms with van der Waals surface area (Å²) < 4.78 is 34.4. The normalized spacial score (nSPS) is 17.6. The molecule has 118 valence electrons. The Morgan fingerprint density at radius 3 is 2.71 bits per heavy atom. The van der Waals surface area contributed by atoms with Crippen LogP contribution in [0.15, 0.2) is 18.2 Å². The highest BCUT2D eigenvalue weighted by Crippen LogP contribution is 2.33. The summed E-state index contributed by atoms with van der Waals surface area (Å²) in [5.74, 6) is -0.525. The average Bonchev–Trinajstić information content (AvgIpc) is 2.84. The lowest BCUT2D eigenvalue weighted by Gasteiger charge is -2.19. The number of alkyl halides is 2. The largest absolute Gasteiger partial charge is 0.493 e. The molecule has 0 aliphatic carbocycles. The molecule has 2 N–H and O–H groups in total. The van der Waals surface area contributed by atoms with E-state index in [0.29, 0.717) is 19.5 Å². The molecule has 1 aliphatic heterocycles. The van der Waals surface area contributed by atoms with Crippen LogP contribution in [-0.2, 0) is 0 Å². The molecule has 0 spiro atoms. The van der Waals surface area contributed by atoms with E-state index in [-0.39, 0.29) is 41.4 Å². The molecule has 0 radical (unpaired) electrons. The number of nitrogens with two attached hydrogens (primary N) is 1. The predicted molar refractivity (Wildman–Crippen MR) is 75.4 cm³/mol. The zero-order valence-electron chi connectivity index (χ0n) is 11.4. The van der Waals surface area contributed by atoms with Crippen molar-refractivity contribution < 1.29 is 23.0 Å². The molecule has 5 nitrogen and oxygen atoms in total. The molecule has 1 aromatic rings. The molecule has 0 unspecified atom stereocenters. The first-order valence-electron chi connectivity index (χ1n) is 6.19. The number of likely N-dealkylation sites (tertiary alicyclic amines) is 1. The van der Waals surface area contributed by atoms with Gasteiger partial charge in [0.05, 0.1) is 12.7 Å². The molecule has 1 aliphatic rings. The number of ether oxygens (including phenoxy) is 2. The van der Waals surface area contributed by atoms with Gasteiger partial charge in [0.2, 0.25) is 0 Å². The molecule has 0 aromatic heterocycles. The van der Waals surface area contributed by atoms with Crippen molar-refractivity contribution in [3.05, 3.63) is 23.8 Å². The van der Waals surface area contributed by atoms with E-state index in [9.17, 15) is 13.6 Å². The van der Waals surface area contributed by atoms with Crippen LogP contribution in [-0.4, -0.2) is 43.7 Å². The van der Waals surface area contributed by atoms with Crippen molar-refractivity contribution in [3.63, 3.8) is 0 Å². The van der Waals surface area contributed by atoms with Gasteiger partial charge in [-0.3, -0.25) is 4.79 Å². The summed E-state index contributed by atoms with van der Waals surface area (Å²) in [5.41, 5.74) is 5.80. The molecular weight excluding hydrogens is 306 g/mol. The van der Waals surface area contributed by atoms with Crippen molar-refractivity contribution in [1.29, 1.82) is 0 Å². The predicted octanol–water partition coefficient (Wildman–Crippen LogP) is 1.89. The molecule has 1 aromatic carbocycles. The molecule has 2 rings (SSSR count). The van der Waals surface area contributed by atoms with Gasteiger partial charge in [0.25, 0.3) is 5.91 Å². The van der Waals surface area contributed by atoms with Crippen molar-refractivity contribution >= 4 is 18.3 Å². The monoisotopic (exact) mass is 322 g/mol. The Bertz CT molecular complexity index is 502. The second kappa shape index (κ2) is 7.42. The number of hydrogen-bond donors (Lipinski definition) is 1. The number of rotatable bonds is 4. The number of nitrogens with zero attached hydrogens (tertiary/aromatic N) is 1. The van der Waals surface area contributed by atoms with Gasteiger partial charge < -0.3 is 20.1 Å². The molecule has 1 amide bonds. The Hall–Kier alpha value is -1.60. The summed E-state index contributed by atoms with van der Waals surface area (Å²) in [6.07, 6.45) is 0.695. The van der Waals surface area contributed by atoms with Gasteiger partial charge in [-0.1, -0.05) is 6.07 Å². The SMILES string of the molecule is COc1cccc(C(=O)N2CC[C@@H](N)C2)c1OC(F)F.Cl. The van der Waals surface area contributed by atoms with Crippen LogP contribution in [0, 0.1) is 0 Å². The van der Waals surface area contributed by atoms with Gasteiger partial charge in [-0.2, -0.15) is 8.78 Å². The number of carbonyl (C=O) groups excluding carboxylic acids is 1. The Morgan fingerprint density at radius 2 is 2.19 bits per heavy atom. The van der Waals surface area contributed by atoms with E-state index in [4.69, 9.17) is 10.5 Å². The molecule has 1 fully saturated rings. The van der Waals surface area contributed by atoms with Crippen LogP contribution in [0.2, 0.25) is 0 Å². The van der Waals surface area contributed by atoms with Gasteiger partial charge in [0.15, 0.2) is 11.5 Å². The summed E-state index contributed by atoms with van der Waals surface area (Å²) in [7, 11) is 1.33. The highest BCUT2D eigenvalue weighted by Gasteiger charge is 2.28. The van der Waals surface area contributed by atoms with Crippen molar-refractivity contribution in [2.45, 2.75) is 19.1 Å². The van der Waals surface area contributed by atoms with E-state index < -0.39 is 6.61 Å². The van der Waals surface area contributed by atoms with Crippen LogP contribution in [0.1, 0.15) is 16.8 Å². The third kappa shape index (κ3) is 3.95. The van der Waals surface area contributed by atoms with Crippen molar-refractivity contribution in [1.82, 2.24) is 4.90 Å². The van der Waals surface area contributed by atoms with Gasteiger partial charge in [-0.25, -0.2) is 0 Å². The highest BCUT2D eigenvalue weighted by molar-refractivity contribution is 5.98. The Balaban J connectivity index is 0.00000220. The molecule has 0 bridgehead atoms. The van der Waals surface area contributed by atoms with E-state index >= 15 is 0 Å². The maximum Gasteiger partial charge on any atom is 0.387 e. The van der Waals surface area contributed by atoms with Gasteiger partial charge in [0, 0.05) is 19.1 Å². The lowest BCUT2D eigenvalue weighted by Crippen LogP contribution is -2.32. The van der Waals surface area contributed by atoms with Gasteiger partial charge in [-0.05, 0) is 18.6 Å². The summed E-state index contributed by atoms with van der Waals surface area (Å²) in [6, 6.07) is 4.38. The number of benzene rings is 1. The van der Waals surface area contributed by atoms with E-state index in [1.165, 1.54) is 24.1 Å². The van der Waals surface area contributed by atoms with E-state index in [1.807, 2.05) is 0 Å². The second-order valence-corrected chi connectivity index (χ2v) is 4.52. The van der Waals surface area contributed by atoms with Crippen molar-refractivity contribution in [2.75, 3.05) is 20.2 Å². The fourth-order valence-corrected chi connectivity index (χ4v) is 2.20. The lowest BCUT2D eigenvalue weighted by atomic mass is 10.1. The quantitative estimate of drug-likeness (QED) is 0.919. The first-order valence-corrected chi connectivity index (χ1v) is 6.19. The summed E-state index contributed by atoms with van der Waals surface area (Å²) in [6.45, 7) is -2.12. The van der Waals surface area contributed by atoms with Crippen LogP contribution in [0.25, 0.3) is 0 Å². The second-order valence-electron chi connectivity index (χ2n) is 4.52. The van der Waals surface area contributed by atoms with Crippen LogP contribution in [0.4, 0.5) is 8.78 Å². The number of para-hydroxylation sites is 1.